The van der Waals surface area contributed by atoms with Crippen molar-refractivity contribution in [3.05, 3.63) is 12.3 Å². The summed E-state index contributed by atoms with van der Waals surface area (Å²) >= 11 is 0. The fourth-order valence-electron chi connectivity index (χ4n) is 0.498. The van der Waals surface area contributed by atoms with Gasteiger partial charge in [-0.15, -0.1) is 0 Å². The van der Waals surface area contributed by atoms with E-state index >= 15 is 0 Å². The number of aliphatic hydroxyl groups is 1. The van der Waals surface area contributed by atoms with E-state index in [1.54, 1.807) is 0 Å². The predicted octanol–water partition coefficient (Wildman–Crippen LogP) is 0.882. The lowest BCUT2D eigenvalue weighted by Crippen LogP contribution is -2.15. The minimum absolute atomic E-state index is 0.0454. The first-order valence-corrected chi connectivity index (χ1v) is 3.33. The molecule has 0 aromatic heterocycles. The van der Waals surface area contributed by atoms with E-state index in [1.807, 2.05) is 0 Å². The van der Waals surface area contributed by atoms with E-state index in [1.165, 1.54) is 6.42 Å². The average molecular weight is 129 g/mol. The highest BCUT2D eigenvalue weighted by molar-refractivity contribution is 4.89. The molecule has 2 N–H and O–H groups in total. The smallest absolute Gasteiger partial charge is 0.0821 e. The van der Waals surface area contributed by atoms with E-state index in [0.29, 0.717) is 5.70 Å². The normalized spacial score (nSPS) is 9.11. The van der Waals surface area contributed by atoms with Gasteiger partial charge < -0.3 is 10.4 Å². The molecule has 0 aromatic rings. The lowest BCUT2D eigenvalue weighted by Gasteiger charge is -2.03. The molecule has 2 heteroatoms. The Morgan fingerprint density at radius 1 is 1.67 bits per heavy atom. The lowest BCUT2D eigenvalue weighted by atomic mass is 10.3. The standard InChI is InChI=1S/C7H15NO/c1-3-4-5-8-7(2)6-9/h8-9H,2-6H2,1H3. The average Bonchev–Trinajstić information content (AvgIpc) is 1.89. The predicted molar refractivity (Wildman–Crippen MR) is 39.1 cm³/mol. The largest absolute Gasteiger partial charge is 0.390 e. The molecule has 0 bridgehead atoms. The van der Waals surface area contributed by atoms with Crippen molar-refractivity contribution >= 4 is 0 Å². The van der Waals surface area contributed by atoms with Crippen LogP contribution in [0.2, 0.25) is 0 Å². The minimum Gasteiger partial charge on any atom is -0.390 e. The molecule has 0 aliphatic heterocycles. The molecular weight excluding hydrogens is 114 g/mol. The van der Waals surface area contributed by atoms with Gasteiger partial charge in [0.2, 0.25) is 0 Å². The number of unbranched alkanes of at least 4 members (excludes halogenated alkanes) is 1. The summed E-state index contributed by atoms with van der Waals surface area (Å²) in [5.41, 5.74) is 0.712. The molecule has 9 heavy (non-hydrogen) atoms. The molecule has 0 amide bonds. The summed E-state index contributed by atoms with van der Waals surface area (Å²) in [6, 6.07) is 0. The molecule has 0 saturated heterocycles. The van der Waals surface area contributed by atoms with E-state index < -0.39 is 0 Å². The van der Waals surface area contributed by atoms with Crippen molar-refractivity contribution in [2.45, 2.75) is 19.8 Å². The molecule has 0 heterocycles. The molecule has 0 aromatic carbocycles. The highest BCUT2D eigenvalue weighted by Crippen LogP contribution is 1.85. The van der Waals surface area contributed by atoms with Crippen molar-refractivity contribution in [3.8, 4) is 0 Å². The van der Waals surface area contributed by atoms with E-state index in [0.717, 1.165) is 13.0 Å². The van der Waals surface area contributed by atoms with E-state index in [9.17, 15) is 0 Å². The Morgan fingerprint density at radius 2 is 2.33 bits per heavy atom. The van der Waals surface area contributed by atoms with Crippen LogP contribution in [0.4, 0.5) is 0 Å². The third kappa shape index (κ3) is 5.37. The zero-order valence-corrected chi connectivity index (χ0v) is 5.98. The Bertz CT molecular complexity index is 81.0. The molecule has 0 atom stereocenters. The Morgan fingerprint density at radius 3 is 2.78 bits per heavy atom. The molecule has 0 fully saturated rings. The summed E-state index contributed by atoms with van der Waals surface area (Å²) in [4.78, 5) is 0. The zero-order valence-electron chi connectivity index (χ0n) is 5.98. The van der Waals surface area contributed by atoms with Gasteiger partial charge in [-0.1, -0.05) is 19.9 Å². The van der Waals surface area contributed by atoms with Crippen molar-refractivity contribution in [2.75, 3.05) is 13.2 Å². The van der Waals surface area contributed by atoms with Gasteiger partial charge in [0.1, 0.15) is 0 Å². The Balaban J connectivity index is 2.97. The van der Waals surface area contributed by atoms with E-state index in [-0.39, 0.29) is 6.61 Å². The molecule has 0 rings (SSSR count). The maximum absolute atomic E-state index is 8.47. The SMILES string of the molecule is C=C(CO)NCCCC. The number of nitrogens with one attached hydrogen (secondary N) is 1. The summed E-state index contributed by atoms with van der Waals surface area (Å²) < 4.78 is 0. The van der Waals surface area contributed by atoms with Gasteiger partial charge in [-0.3, -0.25) is 0 Å². The van der Waals surface area contributed by atoms with Crippen LogP contribution in [0.5, 0.6) is 0 Å². The third-order valence-corrected chi connectivity index (χ3v) is 1.10. The van der Waals surface area contributed by atoms with Crippen molar-refractivity contribution in [1.29, 1.82) is 0 Å². The van der Waals surface area contributed by atoms with Crippen molar-refractivity contribution < 1.29 is 5.11 Å². The maximum atomic E-state index is 8.47. The van der Waals surface area contributed by atoms with E-state index in [2.05, 4.69) is 18.8 Å². The van der Waals surface area contributed by atoms with Gasteiger partial charge >= 0.3 is 0 Å². The van der Waals surface area contributed by atoms with E-state index in [4.69, 9.17) is 5.11 Å². The first kappa shape index (κ1) is 8.50. The third-order valence-electron chi connectivity index (χ3n) is 1.10. The highest BCUT2D eigenvalue weighted by Gasteiger charge is 1.86. The van der Waals surface area contributed by atoms with Crippen LogP contribution in [0.25, 0.3) is 0 Å². The van der Waals surface area contributed by atoms with Gasteiger partial charge in [0.05, 0.1) is 6.61 Å². The van der Waals surface area contributed by atoms with Gasteiger partial charge in [0.25, 0.3) is 0 Å². The summed E-state index contributed by atoms with van der Waals surface area (Å²) in [6.45, 7) is 6.68. The van der Waals surface area contributed by atoms with Crippen LogP contribution < -0.4 is 5.32 Å². The topological polar surface area (TPSA) is 32.3 Å². The van der Waals surface area contributed by atoms with Gasteiger partial charge in [-0.25, -0.2) is 0 Å². The van der Waals surface area contributed by atoms with Crippen LogP contribution in [0.1, 0.15) is 19.8 Å². The molecular formula is C7H15NO. The highest BCUT2D eigenvalue weighted by atomic mass is 16.3. The summed E-state index contributed by atoms with van der Waals surface area (Å²) in [5, 5.41) is 11.5. The van der Waals surface area contributed by atoms with Crippen molar-refractivity contribution in [1.82, 2.24) is 5.32 Å². The molecule has 0 spiro atoms. The monoisotopic (exact) mass is 129 g/mol. The fourth-order valence-corrected chi connectivity index (χ4v) is 0.498. The number of rotatable bonds is 5. The van der Waals surface area contributed by atoms with Crippen LogP contribution in [0, 0.1) is 0 Å². The van der Waals surface area contributed by atoms with Crippen LogP contribution in [-0.2, 0) is 0 Å². The minimum atomic E-state index is 0.0454. The van der Waals surface area contributed by atoms with Gasteiger partial charge in [0, 0.05) is 12.2 Å². The van der Waals surface area contributed by atoms with Gasteiger partial charge in [0.15, 0.2) is 0 Å². The van der Waals surface area contributed by atoms with Gasteiger partial charge in [-0.05, 0) is 6.42 Å². The Hall–Kier alpha value is -0.500. The summed E-state index contributed by atoms with van der Waals surface area (Å²) in [6.07, 6.45) is 2.31. The molecule has 54 valence electrons. The summed E-state index contributed by atoms with van der Waals surface area (Å²) in [5.74, 6) is 0. The molecule has 0 saturated carbocycles. The molecule has 0 unspecified atom stereocenters. The fraction of sp³-hybridized carbons (Fsp3) is 0.714. The number of hydrogen-bond donors (Lipinski definition) is 2. The quantitative estimate of drug-likeness (QED) is 0.540. The Labute approximate surface area is 56.6 Å². The molecule has 0 radical (unpaired) electrons. The first-order valence-electron chi connectivity index (χ1n) is 3.33. The van der Waals surface area contributed by atoms with Crippen LogP contribution in [0.15, 0.2) is 12.3 Å². The van der Waals surface area contributed by atoms with Crippen LogP contribution in [-0.4, -0.2) is 18.3 Å². The van der Waals surface area contributed by atoms with Crippen LogP contribution >= 0.6 is 0 Å². The first-order chi connectivity index (χ1) is 4.31. The second-order valence-corrected chi connectivity index (χ2v) is 2.04. The Kier molecular flexibility index (Phi) is 5.32. The second-order valence-electron chi connectivity index (χ2n) is 2.04. The second kappa shape index (κ2) is 5.63. The van der Waals surface area contributed by atoms with Crippen LogP contribution in [0.3, 0.4) is 0 Å². The molecule has 2 nitrogen and oxygen atoms in total. The maximum Gasteiger partial charge on any atom is 0.0821 e. The summed E-state index contributed by atoms with van der Waals surface area (Å²) in [7, 11) is 0. The van der Waals surface area contributed by atoms with Crippen molar-refractivity contribution in [3.63, 3.8) is 0 Å². The number of hydrogen-bond acceptors (Lipinski definition) is 2. The number of aliphatic hydroxyl groups excluding tert-OH is 1. The molecule has 0 aliphatic carbocycles. The zero-order chi connectivity index (χ0) is 7.11. The molecule has 0 aliphatic rings. The lowest BCUT2D eigenvalue weighted by molar-refractivity contribution is 0.322. The van der Waals surface area contributed by atoms with Gasteiger partial charge in [-0.2, -0.15) is 0 Å². The van der Waals surface area contributed by atoms with Crippen molar-refractivity contribution in [2.24, 2.45) is 0 Å².